The van der Waals surface area contributed by atoms with Crippen molar-refractivity contribution < 1.29 is 38.2 Å². The predicted molar refractivity (Wildman–Crippen MR) is 297 cm³/mol. The van der Waals surface area contributed by atoms with Gasteiger partial charge in [0.25, 0.3) is 5.91 Å². The molecule has 6 N–H and O–H groups in total. The van der Waals surface area contributed by atoms with E-state index in [0.717, 1.165) is 78.5 Å². The zero-order valence-corrected chi connectivity index (χ0v) is 47.3. The van der Waals surface area contributed by atoms with Crippen molar-refractivity contribution in [2.24, 2.45) is 22.5 Å². The molecular weight excluding hydrogens is 1040 g/mol. The van der Waals surface area contributed by atoms with Crippen LogP contribution in [0.15, 0.2) is 64.2 Å². The summed E-state index contributed by atoms with van der Waals surface area (Å²) in [7, 11) is 0. The number of carbonyl (C=O) groups is 5. The second-order valence-corrected chi connectivity index (χ2v) is 24.9. The lowest BCUT2D eigenvalue weighted by Gasteiger charge is -2.39. The Morgan fingerprint density at radius 1 is 1.00 bits per heavy atom. The molecule has 4 aliphatic rings. The number of nitrogens with two attached hydrogens (primary N) is 1. The number of β-amino-alcohol motifs (C(OH)–C–C–N with tert-alkyl or cyclic N) is 1. The highest BCUT2D eigenvalue weighted by molar-refractivity contribution is 7.99. The number of rotatable bonds is 21. The minimum atomic E-state index is -1.99. The maximum Gasteiger partial charge on any atom is 0.258 e. The maximum atomic E-state index is 14.7. The number of nitrogens with one attached hydrogen (secondary N) is 3. The number of piperidine rings is 2. The van der Waals surface area contributed by atoms with Crippen LogP contribution in [-0.2, 0) is 30.5 Å². The second-order valence-electron chi connectivity index (χ2n) is 22.6. The number of likely N-dealkylation sites (tertiary alicyclic amines) is 2. The lowest BCUT2D eigenvalue weighted by atomic mass is 9.80. The van der Waals surface area contributed by atoms with Crippen LogP contribution in [0.3, 0.4) is 0 Å². The molecule has 5 heterocycles. The van der Waals surface area contributed by atoms with Crippen LogP contribution in [0, 0.1) is 23.7 Å². The zero-order valence-electron chi connectivity index (χ0n) is 44.9. The minimum Gasteiger partial charge on any atom is -0.493 e. The van der Waals surface area contributed by atoms with Gasteiger partial charge in [0.1, 0.15) is 28.7 Å². The summed E-state index contributed by atoms with van der Waals surface area (Å²) >= 11 is 9.70. The number of benzene rings is 2. The molecule has 2 aromatic heterocycles. The molecule has 2 aromatic carbocycles. The van der Waals surface area contributed by atoms with Crippen molar-refractivity contribution in [3.63, 3.8) is 0 Å². The lowest BCUT2D eigenvalue weighted by Crippen LogP contribution is -2.59. The molecule has 1 saturated carbocycles. The van der Waals surface area contributed by atoms with E-state index in [9.17, 15) is 33.5 Å². The normalized spacial score (nSPS) is 19.6. The van der Waals surface area contributed by atoms with Gasteiger partial charge in [-0.15, -0.1) is 11.3 Å². The van der Waals surface area contributed by atoms with Crippen molar-refractivity contribution in [1.29, 1.82) is 0 Å². The van der Waals surface area contributed by atoms with Gasteiger partial charge in [0.05, 0.1) is 51.9 Å². The van der Waals surface area contributed by atoms with E-state index in [1.165, 1.54) is 28.0 Å². The Labute approximate surface area is 464 Å². The van der Waals surface area contributed by atoms with Gasteiger partial charge in [-0.1, -0.05) is 69.3 Å². The molecule has 4 fully saturated rings. The smallest absolute Gasteiger partial charge is 0.258 e. The van der Waals surface area contributed by atoms with Crippen molar-refractivity contribution in [3.8, 4) is 16.2 Å². The average molecular weight is 1120 g/mol. The average Bonchev–Trinajstić information content (AvgIpc) is 3.83. The van der Waals surface area contributed by atoms with E-state index in [2.05, 4.69) is 42.7 Å². The molecular formula is C56H74ClFN10O7S2. The van der Waals surface area contributed by atoms with E-state index in [4.69, 9.17) is 22.1 Å². The topological polar surface area (TPSA) is 225 Å². The first kappa shape index (κ1) is 57.8. The van der Waals surface area contributed by atoms with E-state index >= 15 is 0 Å². The molecule has 77 heavy (non-hydrogen) atoms. The molecule has 0 spiro atoms. The Bertz CT molecular complexity index is 2740. The molecule has 0 bridgehead atoms. The number of aliphatic hydroxyl groups excluding tert-OH is 1. The number of carbonyl (C=O) groups excluding carboxylic acids is 5. The number of anilines is 2. The van der Waals surface area contributed by atoms with E-state index < -0.39 is 47.0 Å². The van der Waals surface area contributed by atoms with Crippen LogP contribution in [0.25, 0.3) is 10.4 Å². The SMILES string of the molecule is Cc1ncsc1-c1ccc(CNC(=O)C2CC(O)CN2C(=O)[C@@H](NC(=O)C2(F)CC2)C(C)(C)C)c(OCCCC(=O)N2CCC(CCCC(=O)Nc3cccc(Sc4cnc(N5CCC(C)(CN)CC5)cn4)c3Cl)CC2)c1. The number of thiazole rings is 1. The van der Waals surface area contributed by atoms with Crippen molar-refractivity contribution >= 4 is 75.7 Å². The van der Waals surface area contributed by atoms with Crippen LogP contribution in [0.2, 0.25) is 5.02 Å². The number of ether oxygens (including phenoxy) is 1. The number of hydrogen-bond acceptors (Lipinski definition) is 14. The predicted octanol–water partition coefficient (Wildman–Crippen LogP) is 8.10. The molecule has 3 aliphatic heterocycles. The van der Waals surface area contributed by atoms with Crippen LogP contribution in [-0.4, -0.2) is 129 Å². The van der Waals surface area contributed by atoms with Gasteiger partial charge in [-0.3, -0.25) is 24.0 Å². The Kier molecular flexibility index (Phi) is 18.9. The van der Waals surface area contributed by atoms with Gasteiger partial charge in [0, 0.05) is 69.0 Å². The van der Waals surface area contributed by atoms with Crippen molar-refractivity contribution in [3.05, 3.63) is 70.6 Å². The third-order valence-corrected chi connectivity index (χ3v) is 18.0. The van der Waals surface area contributed by atoms with E-state index in [0.29, 0.717) is 71.9 Å². The quantitative estimate of drug-likeness (QED) is 0.0498. The Morgan fingerprint density at radius 2 is 1.75 bits per heavy atom. The number of halogens is 2. The number of aromatic nitrogens is 3. The van der Waals surface area contributed by atoms with Crippen LogP contribution >= 0.6 is 34.7 Å². The highest BCUT2D eigenvalue weighted by Gasteiger charge is 2.53. The fourth-order valence-electron chi connectivity index (χ4n) is 10.2. The molecule has 2 unspecified atom stereocenters. The second kappa shape index (κ2) is 25.1. The zero-order chi connectivity index (χ0) is 55.1. The van der Waals surface area contributed by atoms with E-state index in [1.54, 1.807) is 44.7 Å². The molecule has 8 rings (SSSR count). The summed E-state index contributed by atoms with van der Waals surface area (Å²) in [5.74, 6) is -0.140. The largest absolute Gasteiger partial charge is 0.493 e. The van der Waals surface area contributed by atoms with Crippen molar-refractivity contribution in [1.82, 2.24) is 35.4 Å². The van der Waals surface area contributed by atoms with Crippen LogP contribution in [0.1, 0.15) is 116 Å². The number of alkyl halides is 1. The van der Waals surface area contributed by atoms with Crippen molar-refractivity contribution in [2.75, 3.05) is 56.1 Å². The van der Waals surface area contributed by atoms with E-state index in [1.807, 2.05) is 42.2 Å². The van der Waals surface area contributed by atoms with E-state index in [-0.39, 0.29) is 56.2 Å². The Morgan fingerprint density at radius 3 is 2.42 bits per heavy atom. The molecule has 3 saturated heterocycles. The third kappa shape index (κ3) is 14.8. The Hall–Kier alpha value is -5.41. The molecule has 416 valence electrons. The number of aryl methyl sites for hydroxylation is 1. The summed E-state index contributed by atoms with van der Waals surface area (Å²) in [5, 5.41) is 20.4. The summed E-state index contributed by atoms with van der Waals surface area (Å²) < 4.78 is 21.0. The summed E-state index contributed by atoms with van der Waals surface area (Å²) in [6.45, 7) is 13.4. The summed E-state index contributed by atoms with van der Waals surface area (Å²) in [4.78, 5) is 88.0. The Balaban J connectivity index is 0.766. The molecule has 3 atom stereocenters. The highest BCUT2D eigenvalue weighted by Crippen LogP contribution is 2.41. The number of hydrogen-bond donors (Lipinski definition) is 5. The van der Waals surface area contributed by atoms with Gasteiger partial charge in [-0.25, -0.2) is 19.3 Å². The van der Waals surface area contributed by atoms with Gasteiger partial charge in [-0.2, -0.15) is 0 Å². The summed E-state index contributed by atoms with van der Waals surface area (Å²) in [6, 6.07) is 9.13. The standard InChI is InChI=1S/C56H74ClFN10O7S2/c1-35-49(76-34-63-35)37-14-15-38(29-62-51(72)41-28-39(69)32-68(41)52(73)50(54(2,3)4)65-53(74)56(58)18-19-56)42(27-37)75-26-8-13-47(71)67-22-16-36(17-23-67)9-6-12-45(70)64-40-10-7-11-43(48(40)57)77-46-31-60-44(30-61-46)66-24-20-55(5,33-59)21-25-66/h7,10-11,14-15,27,30-31,34,36,39,41,50,69H,6,8-9,12-13,16-26,28-29,32-33,59H2,1-5H3,(H,62,72)(H,64,70)(H,65,74)/t39?,41?,50-/m1/s1. The monoisotopic (exact) mass is 1120 g/mol. The number of aliphatic hydroxyl groups is 1. The maximum absolute atomic E-state index is 14.7. The van der Waals surface area contributed by atoms with Crippen LogP contribution in [0.4, 0.5) is 15.9 Å². The summed E-state index contributed by atoms with van der Waals surface area (Å²) in [5.41, 5.74) is 8.13. The number of nitrogens with zero attached hydrogens (tertiary/aromatic N) is 6. The first-order valence-electron chi connectivity index (χ1n) is 27.0. The molecule has 21 heteroatoms. The molecule has 5 amide bonds. The number of amides is 5. The molecule has 1 aliphatic carbocycles. The van der Waals surface area contributed by atoms with Gasteiger partial charge in [0.2, 0.25) is 23.6 Å². The minimum absolute atomic E-state index is 0.00347. The lowest BCUT2D eigenvalue weighted by molar-refractivity contribution is -0.145. The van der Waals surface area contributed by atoms with Gasteiger partial charge in [0.15, 0.2) is 5.67 Å². The highest BCUT2D eigenvalue weighted by atomic mass is 35.5. The molecule has 0 radical (unpaired) electrons. The van der Waals surface area contributed by atoms with Gasteiger partial charge < -0.3 is 46.2 Å². The van der Waals surface area contributed by atoms with Crippen molar-refractivity contribution in [2.45, 2.75) is 152 Å². The molecule has 4 aromatic rings. The first-order chi connectivity index (χ1) is 36.7. The van der Waals surface area contributed by atoms with Crippen LogP contribution in [0.5, 0.6) is 5.75 Å². The first-order valence-corrected chi connectivity index (χ1v) is 29.0. The third-order valence-electron chi connectivity index (χ3n) is 15.5. The fourth-order valence-corrected chi connectivity index (χ4v) is 12.0. The van der Waals surface area contributed by atoms with Crippen LogP contribution < -0.4 is 31.3 Å². The van der Waals surface area contributed by atoms with Gasteiger partial charge in [-0.05, 0) is 112 Å². The van der Waals surface area contributed by atoms with Gasteiger partial charge >= 0.3 is 0 Å². The summed E-state index contributed by atoms with van der Waals surface area (Å²) in [6.07, 6.45) is 9.28. The molecule has 17 nitrogen and oxygen atoms in total. The fraction of sp³-hybridized carbons (Fsp3) is 0.571.